The summed E-state index contributed by atoms with van der Waals surface area (Å²) in [5.41, 5.74) is 5.02. The molecule has 20 heavy (non-hydrogen) atoms. The van der Waals surface area contributed by atoms with Crippen LogP contribution in [0.15, 0.2) is 30.3 Å². The van der Waals surface area contributed by atoms with E-state index in [0.717, 1.165) is 18.2 Å². The van der Waals surface area contributed by atoms with Crippen LogP contribution in [0.5, 0.6) is 11.5 Å². The van der Waals surface area contributed by atoms with Crippen molar-refractivity contribution in [3.8, 4) is 11.5 Å². The lowest BCUT2D eigenvalue weighted by Crippen LogP contribution is -2.12. The van der Waals surface area contributed by atoms with Crippen LogP contribution >= 0.6 is 11.6 Å². The Morgan fingerprint density at radius 3 is 2.15 bits per heavy atom. The van der Waals surface area contributed by atoms with Gasteiger partial charge >= 0.3 is 0 Å². The van der Waals surface area contributed by atoms with Gasteiger partial charge in [0.25, 0.3) is 0 Å². The summed E-state index contributed by atoms with van der Waals surface area (Å²) in [6, 6.07) is 5.08. The molecule has 0 aliphatic rings. The molecule has 0 aliphatic heterocycles. The first-order chi connectivity index (χ1) is 9.38. The molecule has 0 aromatic heterocycles. The van der Waals surface area contributed by atoms with Gasteiger partial charge in [0.2, 0.25) is 0 Å². The van der Waals surface area contributed by atoms with Crippen molar-refractivity contribution >= 4 is 17.4 Å². The van der Waals surface area contributed by atoms with Crippen molar-refractivity contribution < 1.29 is 17.9 Å². The Balaban J connectivity index is 2.38. The summed E-state index contributed by atoms with van der Waals surface area (Å²) in [6.07, 6.45) is 0. The summed E-state index contributed by atoms with van der Waals surface area (Å²) in [5, 5.41) is 6.98. The Kier molecular flexibility index (Phi) is 3.85. The SMILES string of the molecule is N=C(N)c1cc(F)c(Oc2ccc(Cl)c(F)c2)c(F)c1. The Morgan fingerprint density at radius 1 is 1.05 bits per heavy atom. The lowest BCUT2D eigenvalue weighted by Gasteiger charge is -2.09. The Labute approximate surface area is 117 Å². The summed E-state index contributed by atoms with van der Waals surface area (Å²) < 4.78 is 45.6. The van der Waals surface area contributed by atoms with Gasteiger partial charge in [0.05, 0.1) is 5.02 Å². The zero-order valence-corrected chi connectivity index (χ0v) is 10.6. The minimum Gasteiger partial charge on any atom is -0.451 e. The quantitative estimate of drug-likeness (QED) is 0.668. The van der Waals surface area contributed by atoms with E-state index in [1.807, 2.05) is 0 Å². The summed E-state index contributed by atoms with van der Waals surface area (Å²) in [6.45, 7) is 0. The molecule has 0 heterocycles. The molecule has 0 fully saturated rings. The average molecular weight is 301 g/mol. The van der Waals surface area contributed by atoms with E-state index in [0.29, 0.717) is 0 Å². The van der Waals surface area contributed by atoms with Crippen molar-refractivity contribution in [1.29, 1.82) is 5.41 Å². The van der Waals surface area contributed by atoms with Gasteiger partial charge < -0.3 is 10.5 Å². The molecular weight excluding hydrogens is 293 g/mol. The molecule has 0 aliphatic carbocycles. The van der Waals surface area contributed by atoms with Crippen LogP contribution in [0.2, 0.25) is 5.02 Å². The molecule has 0 amide bonds. The number of nitrogen functional groups attached to an aromatic ring is 1. The zero-order chi connectivity index (χ0) is 14.9. The number of benzene rings is 2. The van der Waals surface area contributed by atoms with Crippen LogP contribution in [-0.2, 0) is 0 Å². The van der Waals surface area contributed by atoms with Crippen molar-refractivity contribution in [2.75, 3.05) is 0 Å². The van der Waals surface area contributed by atoms with E-state index in [-0.39, 0.29) is 16.3 Å². The highest BCUT2D eigenvalue weighted by Crippen LogP contribution is 2.30. The molecule has 0 saturated heterocycles. The van der Waals surface area contributed by atoms with Gasteiger partial charge in [-0.25, -0.2) is 13.2 Å². The number of hydrogen-bond donors (Lipinski definition) is 2. The van der Waals surface area contributed by atoms with Gasteiger partial charge in [-0.15, -0.1) is 0 Å². The third-order valence-corrected chi connectivity index (χ3v) is 2.73. The Bertz CT molecular complexity index is 668. The number of nitrogens with two attached hydrogens (primary N) is 1. The van der Waals surface area contributed by atoms with Crippen LogP contribution in [0.3, 0.4) is 0 Å². The molecule has 2 aromatic rings. The van der Waals surface area contributed by atoms with Crippen LogP contribution in [0.25, 0.3) is 0 Å². The van der Waals surface area contributed by atoms with Crippen molar-refractivity contribution in [1.82, 2.24) is 0 Å². The van der Waals surface area contributed by atoms with Crippen LogP contribution in [-0.4, -0.2) is 5.84 Å². The molecule has 0 atom stereocenters. The monoisotopic (exact) mass is 300 g/mol. The molecule has 3 nitrogen and oxygen atoms in total. The van der Waals surface area contributed by atoms with Crippen LogP contribution in [0.4, 0.5) is 13.2 Å². The number of halogens is 4. The van der Waals surface area contributed by atoms with Crippen LogP contribution < -0.4 is 10.5 Å². The number of nitrogens with one attached hydrogen (secondary N) is 1. The van der Waals surface area contributed by atoms with Crippen LogP contribution in [0, 0.1) is 22.9 Å². The minimum atomic E-state index is -1.05. The zero-order valence-electron chi connectivity index (χ0n) is 9.88. The standard InChI is InChI=1S/C13H8ClF3N2O/c14-8-2-1-7(5-9(8)15)20-12-10(16)3-6(13(18)19)4-11(12)17/h1-5H,(H3,18,19). The Morgan fingerprint density at radius 2 is 1.65 bits per heavy atom. The third-order valence-electron chi connectivity index (χ3n) is 2.42. The number of rotatable bonds is 3. The highest BCUT2D eigenvalue weighted by molar-refractivity contribution is 6.30. The van der Waals surface area contributed by atoms with Gasteiger partial charge in [-0.1, -0.05) is 11.6 Å². The summed E-state index contributed by atoms with van der Waals surface area (Å²) in [4.78, 5) is 0. The molecule has 3 N–H and O–H groups in total. The van der Waals surface area contributed by atoms with Crippen molar-refractivity contribution in [3.63, 3.8) is 0 Å². The predicted octanol–water partition coefficient (Wildman–Crippen LogP) is 3.83. The first kappa shape index (κ1) is 14.2. The fourth-order valence-electron chi connectivity index (χ4n) is 1.47. The van der Waals surface area contributed by atoms with E-state index < -0.39 is 29.0 Å². The van der Waals surface area contributed by atoms with Crippen molar-refractivity contribution in [2.45, 2.75) is 0 Å². The van der Waals surface area contributed by atoms with E-state index in [1.54, 1.807) is 0 Å². The minimum absolute atomic E-state index is 0.111. The largest absolute Gasteiger partial charge is 0.451 e. The van der Waals surface area contributed by atoms with Gasteiger partial charge in [-0.05, 0) is 24.3 Å². The Hall–Kier alpha value is -2.21. The molecule has 0 unspecified atom stereocenters. The van der Waals surface area contributed by atoms with E-state index in [4.69, 9.17) is 27.5 Å². The third kappa shape index (κ3) is 2.85. The molecular formula is C13H8ClF3N2O. The molecule has 2 rings (SSSR count). The second-order valence-electron chi connectivity index (χ2n) is 3.86. The van der Waals surface area contributed by atoms with Gasteiger partial charge in [0.15, 0.2) is 17.4 Å². The van der Waals surface area contributed by atoms with E-state index in [9.17, 15) is 13.2 Å². The lowest BCUT2D eigenvalue weighted by molar-refractivity contribution is 0.405. The molecule has 0 bridgehead atoms. The summed E-state index contributed by atoms with van der Waals surface area (Å²) in [7, 11) is 0. The maximum absolute atomic E-state index is 13.7. The van der Waals surface area contributed by atoms with Gasteiger partial charge in [-0.3, -0.25) is 5.41 Å². The summed E-state index contributed by atoms with van der Waals surface area (Å²) >= 11 is 5.49. The average Bonchev–Trinajstić information content (AvgIpc) is 2.37. The summed E-state index contributed by atoms with van der Waals surface area (Å²) in [5.74, 6) is -4.18. The first-order valence-corrected chi connectivity index (χ1v) is 5.72. The smallest absolute Gasteiger partial charge is 0.198 e. The predicted molar refractivity (Wildman–Crippen MR) is 68.9 cm³/mol. The second kappa shape index (κ2) is 5.42. The van der Waals surface area contributed by atoms with Crippen molar-refractivity contribution in [2.24, 2.45) is 5.73 Å². The fraction of sp³-hybridized carbons (Fsp3) is 0. The van der Waals surface area contributed by atoms with Gasteiger partial charge in [0.1, 0.15) is 17.4 Å². The normalized spacial score (nSPS) is 10.4. The number of amidine groups is 1. The fourth-order valence-corrected chi connectivity index (χ4v) is 1.59. The number of hydrogen-bond acceptors (Lipinski definition) is 2. The first-order valence-electron chi connectivity index (χ1n) is 5.35. The van der Waals surface area contributed by atoms with Gasteiger partial charge in [-0.2, -0.15) is 0 Å². The van der Waals surface area contributed by atoms with Gasteiger partial charge in [0, 0.05) is 11.6 Å². The molecule has 2 aromatic carbocycles. The molecule has 0 spiro atoms. The topological polar surface area (TPSA) is 59.1 Å². The lowest BCUT2D eigenvalue weighted by atomic mass is 10.2. The van der Waals surface area contributed by atoms with Crippen LogP contribution in [0.1, 0.15) is 5.56 Å². The highest BCUT2D eigenvalue weighted by Gasteiger charge is 2.15. The number of ether oxygens (including phenoxy) is 1. The van der Waals surface area contributed by atoms with Crippen molar-refractivity contribution in [3.05, 3.63) is 58.4 Å². The molecule has 0 radical (unpaired) electrons. The maximum Gasteiger partial charge on any atom is 0.198 e. The molecule has 0 saturated carbocycles. The molecule has 7 heteroatoms. The van der Waals surface area contributed by atoms with E-state index in [2.05, 4.69) is 0 Å². The molecule has 104 valence electrons. The second-order valence-corrected chi connectivity index (χ2v) is 4.27. The highest BCUT2D eigenvalue weighted by atomic mass is 35.5. The maximum atomic E-state index is 13.7. The van der Waals surface area contributed by atoms with E-state index >= 15 is 0 Å². The van der Waals surface area contributed by atoms with E-state index in [1.165, 1.54) is 12.1 Å².